The molecule has 1 aromatic carbocycles. The van der Waals surface area contributed by atoms with Gasteiger partial charge in [-0.3, -0.25) is 4.79 Å². The van der Waals surface area contributed by atoms with E-state index in [9.17, 15) is 9.59 Å². The van der Waals surface area contributed by atoms with E-state index in [2.05, 4.69) is 10.1 Å². The van der Waals surface area contributed by atoms with Crippen molar-refractivity contribution in [1.82, 2.24) is 0 Å². The van der Waals surface area contributed by atoms with Gasteiger partial charge >= 0.3 is 5.97 Å². The van der Waals surface area contributed by atoms with Crippen molar-refractivity contribution in [3.8, 4) is 0 Å². The Bertz CT molecular complexity index is 510. The lowest BCUT2D eigenvalue weighted by atomic mass is 9.96. The molecule has 5 heteroatoms. The normalized spacial score (nSPS) is 13.4. The zero-order chi connectivity index (χ0) is 15.3. The molecule has 20 heavy (non-hydrogen) atoms. The molecular formula is C15H22N2O3. The second-order valence-electron chi connectivity index (χ2n) is 5.14. The second kappa shape index (κ2) is 6.52. The van der Waals surface area contributed by atoms with Crippen LogP contribution in [-0.4, -0.2) is 24.5 Å². The van der Waals surface area contributed by atoms with E-state index in [1.807, 2.05) is 13.8 Å². The Morgan fingerprint density at radius 2 is 2.05 bits per heavy atom. The topological polar surface area (TPSA) is 81.4 Å². The molecule has 0 radical (unpaired) electrons. The SMILES string of the molecule is CCCC(C)(N)C(=O)Nc1ccc(C(=O)OC)cc1C. The van der Waals surface area contributed by atoms with Crippen molar-refractivity contribution in [2.75, 3.05) is 12.4 Å². The first-order valence-electron chi connectivity index (χ1n) is 6.61. The van der Waals surface area contributed by atoms with Crippen LogP contribution in [0.4, 0.5) is 5.69 Å². The number of carbonyl (C=O) groups excluding carboxylic acids is 2. The minimum atomic E-state index is -0.901. The molecule has 0 aliphatic heterocycles. The van der Waals surface area contributed by atoms with Gasteiger partial charge in [-0.2, -0.15) is 0 Å². The van der Waals surface area contributed by atoms with Gasteiger partial charge in [-0.25, -0.2) is 4.79 Å². The van der Waals surface area contributed by atoms with Crippen molar-refractivity contribution in [3.63, 3.8) is 0 Å². The van der Waals surface area contributed by atoms with Crippen molar-refractivity contribution in [1.29, 1.82) is 0 Å². The Labute approximate surface area is 119 Å². The molecule has 0 saturated carbocycles. The number of aryl methyl sites for hydroxylation is 1. The fourth-order valence-corrected chi connectivity index (χ4v) is 1.95. The molecule has 0 aromatic heterocycles. The van der Waals surface area contributed by atoms with E-state index in [1.165, 1.54) is 7.11 Å². The summed E-state index contributed by atoms with van der Waals surface area (Å²) in [5, 5.41) is 2.80. The van der Waals surface area contributed by atoms with Crippen molar-refractivity contribution in [2.24, 2.45) is 5.73 Å². The van der Waals surface area contributed by atoms with Crippen LogP contribution in [0.5, 0.6) is 0 Å². The minimum Gasteiger partial charge on any atom is -0.465 e. The van der Waals surface area contributed by atoms with Gasteiger partial charge in [-0.15, -0.1) is 0 Å². The van der Waals surface area contributed by atoms with Gasteiger partial charge in [0.1, 0.15) is 0 Å². The number of carbonyl (C=O) groups is 2. The summed E-state index contributed by atoms with van der Waals surface area (Å²) >= 11 is 0. The third kappa shape index (κ3) is 3.81. The summed E-state index contributed by atoms with van der Waals surface area (Å²) in [6, 6.07) is 4.97. The standard InChI is InChI=1S/C15H22N2O3/c1-5-8-15(3,16)14(19)17-12-7-6-11(9-10(12)2)13(18)20-4/h6-7,9H,5,8,16H2,1-4H3,(H,17,19). The van der Waals surface area contributed by atoms with Crippen LogP contribution in [0.15, 0.2) is 18.2 Å². The number of methoxy groups -OCH3 is 1. The summed E-state index contributed by atoms with van der Waals surface area (Å²) in [4.78, 5) is 23.5. The number of hydrogen-bond acceptors (Lipinski definition) is 4. The van der Waals surface area contributed by atoms with E-state index in [-0.39, 0.29) is 5.91 Å². The van der Waals surface area contributed by atoms with Crippen LogP contribution in [0.1, 0.15) is 42.6 Å². The molecule has 1 amide bonds. The fraction of sp³-hybridized carbons (Fsp3) is 0.467. The lowest BCUT2D eigenvalue weighted by Gasteiger charge is -2.23. The highest BCUT2D eigenvalue weighted by Crippen LogP contribution is 2.19. The van der Waals surface area contributed by atoms with Crippen LogP contribution in [-0.2, 0) is 9.53 Å². The third-order valence-corrected chi connectivity index (χ3v) is 3.18. The molecule has 1 unspecified atom stereocenters. The van der Waals surface area contributed by atoms with Gasteiger partial charge in [-0.1, -0.05) is 13.3 Å². The number of nitrogens with one attached hydrogen (secondary N) is 1. The van der Waals surface area contributed by atoms with Crippen LogP contribution in [0.3, 0.4) is 0 Å². The maximum Gasteiger partial charge on any atom is 0.337 e. The van der Waals surface area contributed by atoms with Crippen LogP contribution >= 0.6 is 0 Å². The number of amides is 1. The molecule has 0 bridgehead atoms. The Kier molecular flexibility index (Phi) is 5.27. The first-order chi connectivity index (χ1) is 9.31. The van der Waals surface area contributed by atoms with E-state index in [4.69, 9.17) is 5.73 Å². The van der Waals surface area contributed by atoms with Gasteiger partial charge < -0.3 is 15.8 Å². The third-order valence-electron chi connectivity index (χ3n) is 3.18. The highest BCUT2D eigenvalue weighted by atomic mass is 16.5. The molecule has 1 aromatic rings. The molecule has 5 nitrogen and oxygen atoms in total. The van der Waals surface area contributed by atoms with E-state index in [0.29, 0.717) is 17.7 Å². The maximum absolute atomic E-state index is 12.1. The van der Waals surface area contributed by atoms with Crippen molar-refractivity contribution in [3.05, 3.63) is 29.3 Å². The molecule has 3 N–H and O–H groups in total. The molecule has 0 saturated heterocycles. The van der Waals surface area contributed by atoms with Crippen LogP contribution in [0.2, 0.25) is 0 Å². The summed E-state index contributed by atoms with van der Waals surface area (Å²) in [6.07, 6.45) is 1.44. The second-order valence-corrected chi connectivity index (χ2v) is 5.14. The number of hydrogen-bond donors (Lipinski definition) is 2. The summed E-state index contributed by atoms with van der Waals surface area (Å²) in [6.45, 7) is 5.51. The highest BCUT2D eigenvalue weighted by molar-refractivity contribution is 5.99. The quantitative estimate of drug-likeness (QED) is 0.809. The zero-order valence-electron chi connectivity index (χ0n) is 12.4. The molecule has 0 aliphatic carbocycles. The number of esters is 1. The Morgan fingerprint density at radius 3 is 2.55 bits per heavy atom. The van der Waals surface area contributed by atoms with Gasteiger partial charge in [-0.05, 0) is 44.0 Å². The Hall–Kier alpha value is -1.88. The summed E-state index contributed by atoms with van der Waals surface area (Å²) < 4.78 is 4.65. The van der Waals surface area contributed by atoms with Crippen molar-refractivity contribution in [2.45, 2.75) is 39.2 Å². The van der Waals surface area contributed by atoms with Gasteiger partial charge in [0, 0.05) is 5.69 Å². The van der Waals surface area contributed by atoms with Crippen molar-refractivity contribution >= 4 is 17.6 Å². The summed E-state index contributed by atoms with van der Waals surface area (Å²) in [7, 11) is 1.33. The number of nitrogens with two attached hydrogens (primary N) is 1. The number of benzene rings is 1. The van der Waals surface area contributed by atoms with E-state index >= 15 is 0 Å². The average Bonchev–Trinajstić information content (AvgIpc) is 2.39. The predicted octanol–water partition coefficient (Wildman–Crippen LogP) is 2.24. The Morgan fingerprint density at radius 1 is 1.40 bits per heavy atom. The van der Waals surface area contributed by atoms with E-state index in [0.717, 1.165) is 12.0 Å². The molecule has 1 rings (SSSR count). The molecule has 0 spiro atoms. The van der Waals surface area contributed by atoms with Gasteiger partial charge in [0.05, 0.1) is 18.2 Å². The number of rotatable bonds is 5. The fourth-order valence-electron chi connectivity index (χ4n) is 1.95. The van der Waals surface area contributed by atoms with E-state index < -0.39 is 11.5 Å². The summed E-state index contributed by atoms with van der Waals surface area (Å²) in [5.74, 6) is -0.631. The predicted molar refractivity (Wildman–Crippen MR) is 78.6 cm³/mol. The molecule has 1 atom stereocenters. The maximum atomic E-state index is 12.1. The van der Waals surface area contributed by atoms with Gasteiger partial charge in [0.15, 0.2) is 0 Å². The Balaban J connectivity index is 2.89. The van der Waals surface area contributed by atoms with Gasteiger partial charge in [0.2, 0.25) is 5.91 Å². The molecule has 110 valence electrons. The zero-order valence-corrected chi connectivity index (χ0v) is 12.4. The van der Waals surface area contributed by atoms with Gasteiger partial charge in [0.25, 0.3) is 0 Å². The van der Waals surface area contributed by atoms with Crippen LogP contribution in [0.25, 0.3) is 0 Å². The molecule has 0 heterocycles. The highest BCUT2D eigenvalue weighted by Gasteiger charge is 2.27. The largest absolute Gasteiger partial charge is 0.465 e. The average molecular weight is 278 g/mol. The van der Waals surface area contributed by atoms with E-state index in [1.54, 1.807) is 25.1 Å². The van der Waals surface area contributed by atoms with Crippen LogP contribution in [0, 0.1) is 6.92 Å². The number of anilines is 1. The molecule has 0 fully saturated rings. The first kappa shape index (κ1) is 16.2. The molecule has 0 aliphatic rings. The lowest BCUT2D eigenvalue weighted by Crippen LogP contribution is -2.48. The first-order valence-corrected chi connectivity index (χ1v) is 6.61. The summed E-state index contributed by atoms with van der Waals surface area (Å²) in [5.41, 5.74) is 6.97. The minimum absolute atomic E-state index is 0.228. The monoisotopic (exact) mass is 278 g/mol. The lowest BCUT2D eigenvalue weighted by molar-refractivity contribution is -0.120. The van der Waals surface area contributed by atoms with Crippen molar-refractivity contribution < 1.29 is 14.3 Å². The molecular weight excluding hydrogens is 256 g/mol. The van der Waals surface area contributed by atoms with Crippen LogP contribution < -0.4 is 11.1 Å². The number of ether oxygens (including phenoxy) is 1. The smallest absolute Gasteiger partial charge is 0.337 e.